The number of aryl methyl sites for hydroxylation is 1. The van der Waals surface area contributed by atoms with Crippen LogP contribution in [-0.4, -0.2) is 19.3 Å². The molecule has 2 N–H and O–H groups in total. The summed E-state index contributed by atoms with van der Waals surface area (Å²) in [6.45, 7) is 1.98. The van der Waals surface area contributed by atoms with Crippen molar-refractivity contribution >= 4 is 67.4 Å². The number of aromatic nitrogens is 1. The molecule has 0 aliphatic rings. The number of hydrogen-bond donors (Lipinski definition) is 2. The van der Waals surface area contributed by atoms with Gasteiger partial charge in [0.1, 0.15) is 8.55 Å². The molecule has 0 aliphatic carbocycles. The second-order valence-corrected chi connectivity index (χ2v) is 9.20. The number of carbonyl (C=O) groups is 1. The van der Waals surface area contributed by atoms with Gasteiger partial charge in [0.05, 0.1) is 10.5 Å². The summed E-state index contributed by atoms with van der Waals surface area (Å²) in [5.41, 5.74) is 2.74. The average molecular weight is 415 g/mol. The monoisotopic (exact) mass is 414 g/mol. The number of carbonyl (C=O) groups excluding carboxylic acids is 1. The second kappa shape index (κ2) is 6.84. The van der Waals surface area contributed by atoms with E-state index in [9.17, 15) is 13.2 Å². The Labute approximate surface area is 158 Å². The molecular weight excluding hydrogens is 403 g/mol. The molecule has 2 heterocycles. The minimum atomic E-state index is -4.01. The van der Waals surface area contributed by atoms with Gasteiger partial charge in [-0.15, -0.1) is 11.3 Å². The molecule has 0 saturated carbocycles. The highest BCUT2D eigenvalue weighted by molar-refractivity contribution is 7.92. The van der Waals surface area contributed by atoms with E-state index in [0.29, 0.717) is 0 Å². The molecule has 0 atom stereocenters. The van der Waals surface area contributed by atoms with E-state index in [1.165, 1.54) is 12.1 Å². The standard InChI is InChI=1S/C16H12Cl2N2O3S2/c1-9-8-19-15-10(3-2-4-11(9)15)5-6-13(21)20-25(22,23)14-7-12(17)16(18)24-14/h2-8,19H,1H3,(H,20,21). The molecule has 0 saturated heterocycles. The predicted octanol–water partition coefficient (Wildman–Crippen LogP) is 4.36. The molecule has 1 amide bonds. The SMILES string of the molecule is Cc1c[nH]c2c(C=CC(=O)NS(=O)(=O)c3cc(Cl)c(Cl)s3)cccc12. The molecule has 0 radical (unpaired) electrons. The van der Waals surface area contributed by atoms with Crippen molar-refractivity contribution < 1.29 is 13.2 Å². The molecule has 2 aromatic heterocycles. The van der Waals surface area contributed by atoms with E-state index in [2.05, 4.69) is 4.98 Å². The van der Waals surface area contributed by atoms with E-state index >= 15 is 0 Å². The average Bonchev–Trinajstić information content (AvgIpc) is 3.09. The van der Waals surface area contributed by atoms with Crippen molar-refractivity contribution in [1.82, 2.24) is 9.71 Å². The van der Waals surface area contributed by atoms with Crippen LogP contribution in [0.3, 0.4) is 0 Å². The first-order valence-corrected chi connectivity index (χ1v) is 10.1. The number of fused-ring (bicyclic) bond motifs is 1. The second-order valence-electron chi connectivity index (χ2n) is 5.23. The zero-order valence-corrected chi connectivity index (χ0v) is 16.0. The molecule has 130 valence electrons. The van der Waals surface area contributed by atoms with Gasteiger partial charge in [-0.05, 0) is 30.2 Å². The summed E-state index contributed by atoms with van der Waals surface area (Å²) in [5, 5.41) is 1.17. The summed E-state index contributed by atoms with van der Waals surface area (Å²) in [7, 11) is -4.01. The van der Waals surface area contributed by atoms with Gasteiger partial charge < -0.3 is 4.98 Å². The first-order chi connectivity index (χ1) is 11.8. The van der Waals surface area contributed by atoms with Crippen molar-refractivity contribution in [2.24, 2.45) is 0 Å². The summed E-state index contributed by atoms with van der Waals surface area (Å²) < 4.78 is 26.3. The maximum absolute atomic E-state index is 12.2. The fraction of sp³-hybridized carbons (Fsp3) is 0.0625. The van der Waals surface area contributed by atoms with Gasteiger partial charge in [0.15, 0.2) is 0 Å². The number of para-hydroxylation sites is 1. The molecule has 5 nitrogen and oxygen atoms in total. The molecule has 3 aromatic rings. The lowest BCUT2D eigenvalue weighted by molar-refractivity contribution is -0.114. The Morgan fingerprint density at radius 2 is 2.08 bits per heavy atom. The van der Waals surface area contributed by atoms with Gasteiger partial charge in [0.25, 0.3) is 15.9 Å². The lowest BCUT2D eigenvalue weighted by atomic mass is 10.1. The zero-order valence-electron chi connectivity index (χ0n) is 12.8. The molecule has 0 bridgehead atoms. The minimum Gasteiger partial charge on any atom is -0.360 e. The van der Waals surface area contributed by atoms with Crippen LogP contribution in [0.4, 0.5) is 0 Å². The van der Waals surface area contributed by atoms with Gasteiger partial charge in [0, 0.05) is 17.7 Å². The Morgan fingerprint density at radius 3 is 2.76 bits per heavy atom. The number of benzene rings is 1. The summed E-state index contributed by atoms with van der Waals surface area (Å²) in [4.78, 5) is 15.1. The lowest BCUT2D eigenvalue weighted by Gasteiger charge is -2.02. The molecule has 1 aromatic carbocycles. The van der Waals surface area contributed by atoms with Gasteiger partial charge in [0.2, 0.25) is 0 Å². The summed E-state index contributed by atoms with van der Waals surface area (Å²) in [6, 6.07) is 6.87. The van der Waals surface area contributed by atoms with Crippen LogP contribution >= 0.6 is 34.5 Å². The fourth-order valence-electron chi connectivity index (χ4n) is 2.30. The Hall–Kier alpha value is -1.80. The highest BCUT2D eigenvalue weighted by Gasteiger charge is 2.20. The zero-order chi connectivity index (χ0) is 18.2. The number of aromatic amines is 1. The maximum Gasteiger partial charge on any atom is 0.273 e. The van der Waals surface area contributed by atoms with Crippen molar-refractivity contribution in [2.75, 3.05) is 0 Å². The Balaban J connectivity index is 1.81. The van der Waals surface area contributed by atoms with E-state index in [4.69, 9.17) is 23.2 Å². The highest BCUT2D eigenvalue weighted by atomic mass is 35.5. The quantitative estimate of drug-likeness (QED) is 0.622. The number of halogens is 2. The van der Waals surface area contributed by atoms with Gasteiger partial charge >= 0.3 is 0 Å². The molecular formula is C16H12Cl2N2O3S2. The maximum atomic E-state index is 12.2. The van der Waals surface area contributed by atoms with Crippen molar-refractivity contribution in [2.45, 2.75) is 11.1 Å². The van der Waals surface area contributed by atoms with Crippen molar-refractivity contribution in [1.29, 1.82) is 0 Å². The topological polar surface area (TPSA) is 79.0 Å². The van der Waals surface area contributed by atoms with Crippen LogP contribution in [0.25, 0.3) is 17.0 Å². The number of sulfonamides is 1. The van der Waals surface area contributed by atoms with Crippen molar-refractivity contribution in [3.05, 3.63) is 57.0 Å². The molecule has 0 aliphatic heterocycles. The fourth-order valence-corrected chi connectivity index (χ4v) is 5.12. The predicted molar refractivity (Wildman–Crippen MR) is 102 cm³/mol. The number of H-pyrrole nitrogens is 1. The number of hydrogen-bond acceptors (Lipinski definition) is 4. The molecule has 0 spiro atoms. The Morgan fingerprint density at radius 1 is 1.32 bits per heavy atom. The Kier molecular flexibility index (Phi) is 4.92. The van der Waals surface area contributed by atoms with Gasteiger partial charge in [-0.3, -0.25) is 4.79 Å². The van der Waals surface area contributed by atoms with Crippen LogP contribution in [0, 0.1) is 6.92 Å². The summed E-state index contributed by atoms with van der Waals surface area (Å²) in [5.74, 6) is -0.763. The smallest absolute Gasteiger partial charge is 0.273 e. The Bertz CT molecular complexity index is 1080. The number of amides is 1. The third-order valence-corrected chi connectivity index (χ3v) is 7.18. The number of nitrogens with one attached hydrogen (secondary N) is 2. The van der Waals surface area contributed by atoms with Crippen molar-refractivity contribution in [3.63, 3.8) is 0 Å². The van der Waals surface area contributed by atoms with Gasteiger partial charge in [-0.25, -0.2) is 13.1 Å². The molecule has 0 unspecified atom stereocenters. The third kappa shape index (κ3) is 3.74. The molecule has 9 heteroatoms. The molecule has 0 fully saturated rings. The van der Waals surface area contributed by atoms with Crippen LogP contribution in [-0.2, 0) is 14.8 Å². The van der Waals surface area contributed by atoms with E-state index in [0.717, 1.165) is 33.4 Å². The van der Waals surface area contributed by atoms with E-state index < -0.39 is 15.9 Å². The van der Waals surface area contributed by atoms with Crippen LogP contribution in [0.15, 0.2) is 40.7 Å². The van der Waals surface area contributed by atoms with E-state index in [1.807, 2.05) is 36.0 Å². The van der Waals surface area contributed by atoms with Crippen LogP contribution in [0.2, 0.25) is 9.36 Å². The number of thiophene rings is 1. The summed E-state index contributed by atoms with van der Waals surface area (Å²) in [6.07, 6.45) is 4.59. The third-order valence-electron chi connectivity index (χ3n) is 3.49. The minimum absolute atomic E-state index is 0.119. The molecule has 3 rings (SSSR count). The lowest BCUT2D eigenvalue weighted by Crippen LogP contribution is -2.28. The van der Waals surface area contributed by atoms with Crippen molar-refractivity contribution in [3.8, 4) is 0 Å². The first-order valence-electron chi connectivity index (χ1n) is 7.04. The first kappa shape index (κ1) is 18.0. The van der Waals surface area contributed by atoms with Crippen LogP contribution < -0.4 is 4.72 Å². The van der Waals surface area contributed by atoms with Gasteiger partial charge in [-0.2, -0.15) is 0 Å². The van der Waals surface area contributed by atoms with Crippen LogP contribution in [0.1, 0.15) is 11.1 Å². The highest BCUT2D eigenvalue weighted by Crippen LogP contribution is 2.34. The van der Waals surface area contributed by atoms with E-state index in [1.54, 1.807) is 6.08 Å². The normalized spacial score (nSPS) is 12.1. The van der Waals surface area contributed by atoms with E-state index in [-0.39, 0.29) is 13.6 Å². The van der Waals surface area contributed by atoms with Crippen LogP contribution in [0.5, 0.6) is 0 Å². The van der Waals surface area contributed by atoms with Gasteiger partial charge in [-0.1, -0.05) is 41.4 Å². The largest absolute Gasteiger partial charge is 0.360 e. The molecule has 25 heavy (non-hydrogen) atoms. The summed E-state index contributed by atoms with van der Waals surface area (Å²) >= 11 is 12.3. The number of rotatable bonds is 4.